The number of nitrogens with zero attached hydrogens (tertiary/aromatic N) is 2. The van der Waals surface area contributed by atoms with E-state index >= 15 is 0 Å². The fourth-order valence-electron chi connectivity index (χ4n) is 2.83. The number of hydrogen-bond donors (Lipinski definition) is 0. The zero-order chi connectivity index (χ0) is 20.3. The Bertz CT molecular complexity index is 949. The van der Waals surface area contributed by atoms with E-state index in [4.69, 9.17) is 9.47 Å². The number of ether oxygens (including phenoxy) is 2. The van der Waals surface area contributed by atoms with Gasteiger partial charge in [0, 0.05) is 13.2 Å². The monoisotopic (exact) mass is 378 g/mol. The molecule has 0 unspecified atom stereocenters. The van der Waals surface area contributed by atoms with Gasteiger partial charge in [-0.25, -0.2) is 9.48 Å². The summed E-state index contributed by atoms with van der Waals surface area (Å²) in [7, 11) is 1.60. The second-order valence-corrected chi connectivity index (χ2v) is 7.87. The zero-order valence-electron chi connectivity index (χ0n) is 17.0. The maximum absolute atomic E-state index is 12.7. The van der Waals surface area contributed by atoms with Gasteiger partial charge in [0.15, 0.2) is 0 Å². The van der Waals surface area contributed by atoms with Crippen LogP contribution in [-0.4, -0.2) is 22.9 Å². The van der Waals surface area contributed by atoms with E-state index in [1.807, 2.05) is 43.3 Å². The molecule has 0 atom stereocenters. The number of aromatic nitrogens is 2. The predicted octanol–water partition coefficient (Wildman–Crippen LogP) is 4.84. The van der Waals surface area contributed by atoms with Crippen molar-refractivity contribution >= 4 is 5.97 Å². The molecule has 0 aliphatic rings. The van der Waals surface area contributed by atoms with Crippen LogP contribution in [0.2, 0.25) is 0 Å². The number of rotatable bonds is 5. The highest BCUT2D eigenvalue weighted by Gasteiger charge is 2.18. The van der Waals surface area contributed by atoms with Crippen LogP contribution in [0.5, 0.6) is 5.88 Å². The van der Waals surface area contributed by atoms with Crippen LogP contribution in [0.4, 0.5) is 0 Å². The van der Waals surface area contributed by atoms with E-state index in [0.29, 0.717) is 23.7 Å². The summed E-state index contributed by atoms with van der Waals surface area (Å²) in [4.78, 5) is 12.7. The van der Waals surface area contributed by atoms with Crippen molar-refractivity contribution < 1.29 is 14.3 Å². The van der Waals surface area contributed by atoms with Crippen LogP contribution in [-0.2, 0) is 16.8 Å². The van der Waals surface area contributed by atoms with Crippen LogP contribution in [0, 0.1) is 6.92 Å². The molecule has 0 aliphatic heterocycles. The SMILES string of the molecule is COCc1cc(OC(=O)c2ccc(C(C)(C)C)cc2)n(-c2ccc(C)cc2)n1. The summed E-state index contributed by atoms with van der Waals surface area (Å²) in [5.41, 5.74) is 4.34. The molecule has 0 N–H and O–H groups in total. The molecule has 5 heteroatoms. The molecule has 0 amide bonds. The second kappa shape index (κ2) is 7.98. The molecule has 1 heterocycles. The van der Waals surface area contributed by atoms with Crippen LogP contribution in [0.15, 0.2) is 54.6 Å². The van der Waals surface area contributed by atoms with Crippen molar-refractivity contribution in [2.75, 3.05) is 7.11 Å². The number of hydrogen-bond acceptors (Lipinski definition) is 4. The van der Waals surface area contributed by atoms with Gasteiger partial charge in [0.05, 0.1) is 23.6 Å². The van der Waals surface area contributed by atoms with Gasteiger partial charge in [0.2, 0.25) is 5.88 Å². The maximum atomic E-state index is 12.7. The Morgan fingerprint density at radius 3 is 2.25 bits per heavy atom. The lowest BCUT2D eigenvalue weighted by molar-refractivity contribution is 0.0723. The Kier molecular flexibility index (Phi) is 5.66. The van der Waals surface area contributed by atoms with Gasteiger partial charge < -0.3 is 9.47 Å². The molecule has 2 aromatic carbocycles. The van der Waals surface area contributed by atoms with Gasteiger partial charge in [-0.2, -0.15) is 5.10 Å². The summed E-state index contributed by atoms with van der Waals surface area (Å²) in [5, 5.41) is 4.51. The fraction of sp³-hybridized carbons (Fsp3) is 0.304. The van der Waals surface area contributed by atoms with Gasteiger partial charge in [0.1, 0.15) is 0 Å². The molecular weight excluding hydrogens is 352 g/mol. The molecule has 3 aromatic rings. The Morgan fingerprint density at radius 2 is 1.68 bits per heavy atom. The Morgan fingerprint density at radius 1 is 1.04 bits per heavy atom. The highest BCUT2D eigenvalue weighted by molar-refractivity contribution is 5.91. The summed E-state index contributed by atoms with van der Waals surface area (Å²) in [6.45, 7) is 8.77. The second-order valence-electron chi connectivity index (χ2n) is 7.87. The molecule has 0 radical (unpaired) electrons. The average Bonchev–Trinajstić information content (AvgIpc) is 3.04. The van der Waals surface area contributed by atoms with E-state index in [-0.39, 0.29) is 5.41 Å². The van der Waals surface area contributed by atoms with Crippen molar-refractivity contribution in [3.8, 4) is 11.6 Å². The molecule has 0 fully saturated rings. The van der Waals surface area contributed by atoms with Crippen molar-refractivity contribution in [2.45, 2.75) is 39.7 Å². The van der Waals surface area contributed by atoms with Crippen molar-refractivity contribution in [3.63, 3.8) is 0 Å². The molecule has 0 saturated carbocycles. The Hall–Kier alpha value is -2.92. The van der Waals surface area contributed by atoms with Crippen molar-refractivity contribution in [3.05, 3.63) is 77.0 Å². The summed E-state index contributed by atoms with van der Waals surface area (Å²) in [6, 6.07) is 17.1. The van der Waals surface area contributed by atoms with Gasteiger partial charge >= 0.3 is 5.97 Å². The van der Waals surface area contributed by atoms with Crippen molar-refractivity contribution in [1.82, 2.24) is 9.78 Å². The third-order valence-electron chi connectivity index (χ3n) is 4.48. The lowest BCUT2D eigenvalue weighted by Gasteiger charge is -2.18. The summed E-state index contributed by atoms with van der Waals surface area (Å²) >= 11 is 0. The highest BCUT2D eigenvalue weighted by Crippen LogP contribution is 2.24. The zero-order valence-corrected chi connectivity index (χ0v) is 17.0. The predicted molar refractivity (Wildman–Crippen MR) is 109 cm³/mol. The smallest absolute Gasteiger partial charge is 0.344 e. The molecule has 0 spiro atoms. The normalized spacial score (nSPS) is 11.5. The molecule has 0 aliphatic carbocycles. The van der Waals surface area contributed by atoms with Gasteiger partial charge in [0.25, 0.3) is 0 Å². The first kappa shape index (κ1) is 19.8. The van der Waals surface area contributed by atoms with Gasteiger partial charge in [-0.1, -0.05) is 50.6 Å². The lowest BCUT2D eigenvalue weighted by Crippen LogP contribution is -2.14. The molecule has 1 aromatic heterocycles. The summed E-state index contributed by atoms with van der Waals surface area (Å²) in [5.74, 6) is -0.0570. The first-order valence-electron chi connectivity index (χ1n) is 9.25. The van der Waals surface area contributed by atoms with E-state index < -0.39 is 5.97 Å². The van der Waals surface area contributed by atoms with E-state index in [9.17, 15) is 4.79 Å². The van der Waals surface area contributed by atoms with E-state index in [2.05, 4.69) is 25.9 Å². The van der Waals surface area contributed by atoms with Crippen LogP contribution in [0.25, 0.3) is 5.69 Å². The van der Waals surface area contributed by atoms with Crippen molar-refractivity contribution in [2.24, 2.45) is 0 Å². The number of benzene rings is 2. The molecule has 0 bridgehead atoms. The third kappa shape index (κ3) is 4.49. The average molecular weight is 378 g/mol. The van der Waals surface area contributed by atoms with E-state index in [1.165, 1.54) is 0 Å². The molecular formula is C23H26N2O3. The third-order valence-corrected chi connectivity index (χ3v) is 4.48. The largest absolute Gasteiger partial charge is 0.404 e. The van der Waals surface area contributed by atoms with Crippen LogP contribution in [0.1, 0.15) is 48.0 Å². The topological polar surface area (TPSA) is 53.4 Å². The number of methoxy groups -OCH3 is 1. The number of carbonyl (C=O) groups excluding carboxylic acids is 1. The first-order chi connectivity index (χ1) is 13.3. The minimum absolute atomic E-state index is 0.0293. The maximum Gasteiger partial charge on any atom is 0.344 e. The highest BCUT2D eigenvalue weighted by atomic mass is 16.5. The van der Waals surface area contributed by atoms with Crippen LogP contribution in [0.3, 0.4) is 0 Å². The fourth-order valence-corrected chi connectivity index (χ4v) is 2.83. The van der Waals surface area contributed by atoms with Crippen molar-refractivity contribution in [1.29, 1.82) is 0 Å². The van der Waals surface area contributed by atoms with Crippen LogP contribution >= 0.6 is 0 Å². The van der Waals surface area contributed by atoms with Gasteiger partial charge in [-0.15, -0.1) is 0 Å². The standard InChI is InChI=1S/C23H26N2O3/c1-16-6-12-20(13-7-16)25-21(14-19(24-25)15-27-5)28-22(26)17-8-10-18(11-9-17)23(2,3)4/h6-14H,15H2,1-5H3. The van der Waals surface area contributed by atoms with Gasteiger partial charge in [-0.3, -0.25) is 0 Å². The molecule has 0 saturated heterocycles. The number of aryl methyl sites for hydroxylation is 1. The van der Waals surface area contributed by atoms with E-state index in [0.717, 1.165) is 16.8 Å². The minimum Gasteiger partial charge on any atom is -0.404 e. The Labute approximate surface area is 165 Å². The van der Waals surface area contributed by atoms with Crippen LogP contribution < -0.4 is 4.74 Å². The summed E-state index contributed by atoms with van der Waals surface area (Å²) < 4.78 is 12.5. The molecule has 5 nitrogen and oxygen atoms in total. The van der Waals surface area contributed by atoms with E-state index in [1.54, 1.807) is 30.0 Å². The first-order valence-corrected chi connectivity index (χ1v) is 9.25. The minimum atomic E-state index is -0.419. The molecule has 28 heavy (non-hydrogen) atoms. The quantitative estimate of drug-likeness (QED) is 0.596. The van der Waals surface area contributed by atoms with Gasteiger partial charge in [-0.05, 0) is 42.2 Å². The lowest BCUT2D eigenvalue weighted by atomic mass is 9.87. The Balaban J connectivity index is 1.88. The molecule has 146 valence electrons. The molecule has 3 rings (SSSR count). The summed E-state index contributed by atoms with van der Waals surface area (Å²) in [6.07, 6.45) is 0. The number of esters is 1. The number of carbonyl (C=O) groups is 1.